The van der Waals surface area contributed by atoms with E-state index in [-0.39, 0.29) is 42.4 Å². The Balaban J connectivity index is 0.00000162. The Morgan fingerprint density at radius 1 is 1.56 bits per heavy atom. The van der Waals surface area contributed by atoms with Gasteiger partial charge in [0.1, 0.15) is 6.04 Å². The van der Waals surface area contributed by atoms with E-state index in [2.05, 4.69) is 10.6 Å². The minimum Gasteiger partial charge on any atom is -0.375 e. The topological polar surface area (TPSA) is 70.7 Å². The smallest absolute Gasteiger partial charge is 0.240 e. The second-order valence-corrected chi connectivity index (χ2v) is 4.69. The molecular formula is C11H20ClN3O3. The summed E-state index contributed by atoms with van der Waals surface area (Å²) < 4.78 is 5.42. The third kappa shape index (κ3) is 3.34. The van der Waals surface area contributed by atoms with Gasteiger partial charge in [-0.2, -0.15) is 0 Å². The molecule has 2 fully saturated rings. The molecule has 0 aromatic carbocycles. The van der Waals surface area contributed by atoms with Crippen LogP contribution in [0.25, 0.3) is 0 Å². The standard InChI is InChI=1S/C11H19N3O3.ClH/c1-7-10(12-3-4-17-7)11(16)13-8-5-9(15)14(2)6-8;/h7-8,10,12H,3-6H2,1-2H3,(H,13,16);1H/t7-,8?,10+;/m1./s1. The van der Waals surface area contributed by atoms with E-state index in [4.69, 9.17) is 4.74 Å². The van der Waals surface area contributed by atoms with Crippen LogP contribution in [0.15, 0.2) is 0 Å². The fourth-order valence-corrected chi connectivity index (χ4v) is 2.28. The van der Waals surface area contributed by atoms with Crippen molar-refractivity contribution in [2.45, 2.75) is 31.5 Å². The molecule has 0 radical (unpaired) electrons. The maximum absolute atomic E-state index is 12.0. The summed E-state index contributed by atoms with van der Waals surface area (Å²) in [6.45, 7) is 3.79. The number of ether oxygens (including phenoxy) is 1. The first kappa shape index (κ1) is 15.2. The number of hydrogen-bond donors (Lipinski definition) is 2. The highest BCUT2D eigenvalue weighted by Gasteiger charge is 2.33. The van der Waals surface area contributed by atoms with Crippen LogP contribution in [0, 0.1) is 0 Å². The van der Waals surface area contributed by atoms with Crippen molar-refractivity contribution in [3.63, 3.8) is 0 Å². The summed E-state index contributed by atoms with van der Waals surface area (Å²) in [7, 11) is 1.75. The zero-order chi connectivity index (χ0) is 12.4. The molecule has 7 heteroatoms. The lowest BCUT2D eigenvalue weighted by Gasteiger charge is -2.30. The molecule has 0 saturated carbocycles. The Morgan fingerprint density at radius 2 is 2.28 bits per heavy atom. The monoisotopic (exact) mass is 277 g/mol. The van der Waals surface area contributed by atoms with Crippen LogP contribution in [-0.2, 0) is 14.3 Å². The lowest BCUT2D eigenvalue weighted by atomic mass is 10.1. The summed E-state index contributed by atoms with van der Waals surface area (Å²) in [6, 6.07) is -0.388. The lowest BCUT2D eigenvalue weighted by molar-refractivity contribution is -0.129. The summed E-state index contributed by atoms with van der Waals surface area (Å²) in [5.74, 6) is 0.00139. The van der Waals surface area contributed by atoms with Crippen LogP contribution in [-0.4, -0.2) is 61.6 Å². The fourth-order valence-electron chi connectivity index (χ4n) is 2.28. The molecule has 2 rings (SSSR count). The molecule has 0 bridgehead atoms. The van der Waals surface area contributed by atoms with E-state index in [1.807, 2.05) is 6.92 Å². The largest absolute Gasteiger partial charge is 0.375 e. The average Bonchev–Trinajstić information content (AvgIpc) is 2.58. The zero-order valence-electron chi connectivity index (χ0n) is 10.6. The van der Waals surface area contributed by atoms with Crippen molar-refractivity contribution in [3.05, 3.63) is 0 Å². The fraction of sp³-hybridized carbons (Fsp3) is 0.818. The number of likely N-dealkylation sites (N-methyl/N-ethyl adjacent to an activating group) is 1. The second kappa shape index (κ2) is 6.36. The van der Waals surface area contributed by atoms with Gasteiger partial charge in [-0.05, 0) is 6.92 Å². The van der Waals surface area contributed by atoms with Gasteiger partial charge in [-0.3, -0.25) is 9.59 Å². The Kier molecular flexibility index (Phi) is 5.37. The third-order valence-corrected chi connectivity index (χ3v) is 3.29. The van der Waals surface area contributed by atoms with Crippen LogP contribution in [0.3, 0.4) is 0 Å². The van der Waals surface area contributed by atoms with Crippen molar-refractivity contribution in [1.29, 1.82) is 0 Å². The Morgan fingerprint density at radius 3 is 2.83 bits per heavy atom. The van der Waals surface area contributed by atoms with E-state index in [9.17, 15) is 9.59 Å². The quantitative estimate of drug-likeness (QED) is 0.689. The molecule has 2 amide bonds. The highest BCUT2D eigenvalue weighted by Crippen LogP contribution is 2.10. The van der Waals surface area contributed by atoms with Crippen molar-refractivity contribution in [3.8, 4) is 0 Å². The summed E-state index contributed by atoms with van der Waals surface area (Å²) in [4.78, 5) is 25.0. The molecule has 2 aliphatic rings. The summed E-state index contributed by atoms with van der Waals surface area (Å²) in [5, 5.41) is 6.03. The number of nitrogens with zero attached hydrogens (tertiary/aromatic N) is 1. The summed E-state index contributed by atoms with van der Waals surface area (Å²) in [5.41, 5.74) is 0. The molecule has 2 N–H and O–H groups in total. The van der Waals surface area contributed by atoms with E-state index >= 15 is 0 Å². The van der Waals surface area contributed by atoms with Crippen molar-refractivity contribution in [2.75, 3.05) is 26.7 Å². The van der Waals surface area contributed by atoms with Gasteiger partial charge >= 0.3 is 0 Å². The van der Waals surface area contributed by atoms with Crippen LogP contribution in [0.1, 0.15) is 13.3 Å². The normalized spacial score (nSPS) is 32.0. The van der Waals surface area contributed by atoms with Crippen LogP contribution in [0.5, 0.6) is 0 Å². The maximum atomic E-state index is 12.0. The van der Waals surface area contributed by atoms with Crippen molar-refractivity contribution in [2.24, 2.45) is 0 Å². The molecule has 0 aliphatic carbocycles. The number of carbonyl (C=O) groups excluding carboxylic acids is 2. The van der Waals surface area contributed by atoms with Gasteiger partial charge in [0.25, 0.3) is 0 Å². The first-order valence-corrected chi connectivity index (χ1v) is 5.97. The van der Waals surface area contributed by atoms with Gasteiger partial charge in [0, 0.05) is 26.6 Å². The first-order valence-electron chi connectivity index (χ1n) is 5.97. The van der Waals surface area contributed by atoms with Crippen molar-refractivity contribution in [1.82, 2.24) is 15.5 Å². The molecule has 2 saturated heterocycles. The SMILES string of the molecule is C[C@H]1OCCN[C@@H]1C(=O)NC1CC(=O)N(C)C1.Cl. The van der Waals surface area contributed by atoms with Crippen LogP contribution >= 0.6 is 12.4 Å². The number of hydrogen-bond acceptors (Lipinski definition) is 4. The van der Waals surface area contributed by atoms with E-state index in [0.717, 1.165) is 0 Å². The highest BCUT2D eigenvalue weighted by molar-refractivity contribution is 5.85. The Hall–Kier alpha value is -0.850. The molecule has 1 unspecified atom stereocenters. The number of nitrogens with one attached hydrogen (secondary N) is 2. The number of carbonyl (C=O) groups is 2. The average molecular weight is 278 g/mol. The molecule has 0 spiro atoms. The lowest BCUT2D eigenvalue weighted by Crippen LogP contribution is -2.57. The second-order valence-electron chi connectivity index (χ2n) is 4.69. The minimum atomic E-state index is -0.315. The molecule has 0 aromatic heterocycles. The number of morpholine rings is 1. The predicted octanol–water partition coefficient (Wildman–Crippen LogP) is -0.868. The van der Waals surface area contributed by atoms with E-state index < -0.39 is 0 Å². The first-order chi connectivity index (χ1) is 8.08. The van der Waals surface area contributed by atoms with Crippen molar-refractivity contribution < 1.29 is 14.3 Å². The Labute approximate surface area is 113 Å². The Bertz CT molecular complexity index is 327. The van der Waals surface area contributed by atoms with E-state index in [1.165, 1.54) is 0 Å². The van der Waals surface area contributed by atoms with Gasteiger partial charge < -0.3 is 20.3 Å². The van der Waals surface area contributed by atoms with Gasteiger partial charge in [0.05, 0.1) is 18.8 Å². The number of halogens is 1. The van der Waals surface area contributed by atoms with Crippen LogP contribution in [0.4, 0.5) is 0 Å². The van der Waals surface area contributed by atoms with Crippen LogP contribution < -0.4 is 10.6 Å². The van der Waals surface area contributed by atoms with Gasteiger partial charge in [-0.15, -0.1) is 12.4 Å². The summed E-state index contributed by atoms with van der Waals surface area (Å²) in [6.07, 6.45) is 0.267. The van der Waals surface area contributed by atoms with E-state index in [0.29, 0.717) is 26.1 Å². The van der Waals surface area contributed by atoms with Gasteiger partial charge in [0.15, 0.2) is 0 Å². The third-order valence-electron chi connectivity index (χ3n) is 3.29. The number of likely N-dealkylation sites (tertiary alicyclic amines) is 1. The number of rotatable bonds is 2. The molecule has 18 heavy (non-hydrogen) atoms. The van der Waals surface area contributed by atoms with Crippen molar-refractivity contribution >= 4 is 24.2 Å². The molecule has 6 nitrogen and oxygen atoms in total. The molecule has 2 heterocycles. The van der Waals surface area contributed by atoms with Gasteiger partial charge in [-0.1, -0.05) is 0 Å². The molecule has 2 aliphatic heterocycles. The predicted molar refractivity (Wildman–Crippen MR) is 68.6 cm³/mol. The van der Waals surface area contributed by atoms with Crippen LogP contribution in [0.2, 0.25) is 0 Å². The number of amides is 2. The maximum Gasteiger partial charge on any atom is 0.240 e. The molecule has 0 aromatic rings. The molecule has 3 atom stereocenters. The molecule has 104 valence electrons. The molecular weight excluding hydrogens is 258 g/mol. The minimum absolute atomic E-state index is 0. The summed E-state index contributed by atoms with van der Waals surface area (Å²) >= 11 is 0. The van der Waals surface area contributed by atoms with E-state index in [1.54, 1.807) is 11.9 Å². The van der Waals surface area contributed by atoms with Gasteiger partial charge in [-0.25, -0.2) is 0 Å². The highest BCUT2D eigenvalue weighted by atomic mass is 35.5. The van der Waals surface area contributed by atoms with Gasteiger partial charge in [0.2, 0.25) is 11.8 Å². The zero-order valence-corrected chi connectivity index (χ0v) is 11.5.